The number of aromatic amines is 1. The molecule has 0 amide bonds. The van der Waals surface area contributed by atoms with Gasteiger partial charge in [0.2, 0.25) is 0 Å². The lowest BCUT2D eigenvalue weighted by Crippen LogP contribution is -2.01. The van der Waals surface area contributed by atoms with Crippen LogP contribution >= 0.6 is 0 Å². The molecular weight excluding hydrogens is 378 g/mol. The van der Waals surface area contributed by atoms with E-state index in [0.717, 1.165) is 11.1 Å². The van der Waals surface area contributed by atoms with E-state index in [9.17, 15) is 19.8 Å². The number of fused-ring (bicyclic) bond motifs is 1. The van der Waals surface area contributed by atoms with E-state index in [1.807, 2.05) is 31.2 Å². The summed E-state index contributed by atoms with van der Waals surface area (Å²) in [6.45, 7) is 2.00. The van der Waals surface area contributed by atoms with Crippen molar-refractivity contribution in [1.82, 2.24) is 4.98 Å². The number of hydrogen-bond acceptors (Lipinski definition) is 2. The maximum atomic E-state index is 11.9. The smallest absolute Gasteiger partial charge is 0.352 e. The molecule has 5 nitrogen and oxygen atoms in total. The lowest BCUT2D eigenvalue weighted by Gasteiger charge is -2.10. The van der Waals surface area contributed by atoms with Crippen LogP contribution in [0.4, 0.5) is 0 Å². The Kier molecular flexibility index (Phi) is 4.83. The molecule has 0 radical (unpaired) electrons. The monoisotopic (exact) mass is 395 g/mol. The minimum atomic E-state index is -1.05. The summed E-state index contributed by atoms with van der Waals surface area (Å²) < 4.78 is 0. The third kappa shape index (κ3) is 3.67. The summed E-state index contributed by atoms with van der Waals surface area (Å²) in [6.07, 6.45) is 0. The molecule has 4 rings (SSSR count). The predicted molar refractivity (Wildman–Crippen MR) is 115 cm³/mol. The van der Waals surface area contributed by atoms with Crippen molar-refractivity contribution in [2.24, 2.45) is 0 Å². The Bertz CT molecular complexity index is 1350. The number of nitrogens with one attached hydrogen (secondary N) is 1. The molecule has 1 aromatic heterocycles. The minimum Gasteiger partial charge on any atom is -0.478 e. The Hall–Kier alpha value is -4.30. The number of aryl methyl sites for hydroxylation is 1. The van der Waals surface area contributed by atoms with Crippen LogP contribution in [0.3, 0.4) is 0 Å². The van der Waals surface area contributed by atoms with Crippen LogP contribution in [0.1, 0.15) is 37.5 Å². The third-order valence-electron chi connectivity index (χ3n) is 4.83. The van der Waals surface area contributed by atoms with E-state index in [-0.39, 0.29) is 11.3 Å². The molecule has 1 heterocycles. The molecule has 0 aliphatic carbocycles. The van der Waals surface area contributed by atoms with E-state index in [4.69, 9.17) is 0 Å². The molecule has 0 saturated heterocycles. The number of carboxylic acids is 2. The second kappa shape index (κ2) is 7.61. The zero-order chi connectivity index (χ0) is 21.3. The molecule has 146 valence electrons. The quantitative estimate of drug-likeness (QED) is 0.429. The van der Waals surface area contributed by atoms with Crippen molar-refractivity contribution in [2.45, 2.75) is 6.92 Å². The summed E-state index contributed by atoms with van der Waals surface area (Å²) in [4.78, 5) is 26.0. The normalized spacial score (nSPS) is 10.4. The highest BCUT2D eigenvalue weighted by molar-refractivity contribution is 6.00. The molecule has 0 bridgehead atoms. The van der Waals surface area contributed by atoms with Crippen LogP contribution in [0, 0.1) is 18.8 Å². The van der Waals surface area contributed by atoms with Gasteiger partial charge in [0.05, 0.1) is 5.56 Å². The Labute approximate surface area is 172 Å². The van der Waals surface area contributed by atoms with E-state index < -0.39 is 11.9 Å². The van der Waals surface area contributed by atoms with Crippen molar-refractivity contribution < 1.29 is 19.8 Å². The van der Waals surface area contributed by atoms with E-state index in [0.29, 0.717) is 27.6 Å². The van der Waals surface area contributed by atoms with Gasteiger partial charge in [0.15, 0.2) is 0 Å². The maximum Gasteiger partial charge on any atom is 0.352 e. The number of H-pyrrole nitrogens is 1. The number of aromatic carboxylic acids is 2. The first-order valence-electron chi connectivity index (χ1n) is 9.24. The molecular formula is C25H17NO4. The van der Waals surface area contributed by atoms with Crippen LogP contribution in [-0.4, -0.2) is 27.1 Å². The predicted octanol–water partition coefficient (Wildman–Crippen LogP) is 4.94. The lowest BCUT2D eigenvalue weighted by molar-refractivity contribution is 0.0683. The van der Waals surface area contributed by atoms with Crippen molar-refractivity contribution >= 4 is 22.8 Å². The summed E-state index contributed by atoms with van der Waals surface area (Å²) in [7, 11) is 0. The summed E-state index contributed by atoms with van der Waals surface area (Å²) in [5.41, 5.74) is 4.59. The van der Waals surface area contributed by atoms with E-state index in [1.165, 1.54) is 6.07 Å². The van der Waals surface area contributed by atoms with Crippen molar-refractivity contribution in [3.63, 3.8) is 0 Å². The first-order valence-corrected chi connectivity index (χ1v) is 9.24. The van der Waals surface area contributed by atoms with Gasteiger partial charge in [0.1, 0.15) is 5.69 Å². The zero-order valence-electron chi connectivity index (χ0n) is 16.1. The number of carbonyl (C=O) groups is 2. The van der Waals surface area contributed by atoms with E-state index in [2.05, 4.69) is 16.8 Å². The second-order valence-electron chi connectivity index (χ2n) is 6.94. The fourth-order valence-corrected chi connectivity index (χ4v) is 3.33. The number of carboxylic acid groups (broad SMARTS) is 2. The van der Waals surface area contributed by atoms with Gasteiger partial charge in [-0.3, -0.25) is 0 Å². The first kappa shape index (κ1) is 19.0. The van der Waals surface area contributed by atoms with Crippen LogP contribution in [0.25, 0.3) is 22.0 Å². The van der Waals surface area contributed by atoms with Crippen LogP contribution in [-0.2, 0) is 0 Å². The summed E-state index contributed by atoms with van der Waals surface area (Å²) in [6, 6.07) is 19.6. The fraction of sp³-hybridized carbons (Fsp3) is 0.0400. The van der Waals surface area contributed by atoms with Crippen molar-refractivity contribution in [2.75, 3.05) is 0 Å². The highest BCUT2D eigenvalue weighted by Gasteiger charge is 2.16. The molecule has 0 atom stereocenters. The van der Waals surface area contributed by atoms with Gasteiger partial charge in [-0.1, -0.05) is 41.7 Å². The first-order chi connectivity index (χ1) is 14.4. The number of aromatic nitrogens is 1. The average Bonchev–Trinajstić information content (AvgIpc) is 3.17. The molecule has 0 spiro atoms. The molecule has 0 aliphatic rings. The highest BCUT2D eigenvalue weighted by Crippen LogP contribution is 2.31. The van der Waals surface area contributed by atoms with Crippen molar-refractivity contribution in [3.05, 3.63) is 94.7 Å². The Morgan fingerprint density at radius 2 is 1.63 bits per heavy atom. The number of rotatable bonds is 3. The maximum absolute atomic E-state index is 11.9. The molecule has 0 aliphatic heterocycles. The van der Waals surface area contributed by atoms with Crippen LogP contribution < -0.4 is 0 Å². The lowest BCUT2D eigenvalue weighted by atomic mass is 9.93. The van der Waals surface area contributed by atoms with Crippen molar-refractivity contribution in [1.29, 1.82) is 0 Å². The Morgan fingerprint density at radius 3 is 2.33 bits per heavy atom. The van der Waals surface area contributed by atoms with Gasteiger partial charge in [0, 0.05) is 27.6 Å². The SMILES string of the molecule is Cc1ccc(C#Cc2cccc(C(=O)O)c2-c2ccc3[nH]c(C(=O)O)cc3c2)cc1. The molecule has 3 aromatic carbocycles. The molecule has 0 unspecified atom stereocenters. The fourth-order valence-electron chi connectivity index (χ4n) is 3.33. The van der Waals surface area contributed by atoms with Gasteiger partial charge < -0.3 is 15.2 Å². The summed E-state index contributed by atoms with van der Waals surface area (Å²) in [5, 5.41) is 19.6. The van der Waals surface area contributed by atoms with Crippen LogP contribution in [0.15, 0.2) is 66.7 Å². The second-order valence-corrected chi connectivity index (χ2v) is 6.94. The van der Waals surface area contributed by atoms with Gasteiger partial charge in [-0.15, -0.1) is 0 Å². The Balaban J connectivity index is 1.88. The van der Waals surface area contributed by atoms with Gasteiger partial charge in [-0.25, -0.2) is 9.59 Å². The van der Waals surface area contributed by atoms with Gasteiger partial charge >= 0.3 is 11.9 Å². The van der Waals surface area contributed by atoms with Crippen molar-refractivity contribution in [3.8, 4) is 23.0 Å². The zero-order valence-corrected chi connectivity index (χ0v) is 16.1. The molecule has 3 N–H and O–H groups in total. The number of benzene rings is 3. The molecule has 0 fully saturated rings. The van der Waals surface area contributed by atoms with E-state index >= 15 is 0 Å². The molecule has 5 heteroatoms. The van der Waals surface area contributed by atoms with E-state index in [1.54, 1.807) is 36.4 Å². The minimum absolute atomic E-state index is 0.0769. The van der Waals surface area contributed by atoms with Gasteiger partial charge in [-0.05, 0) is 55.0 Å². The summed E-state index contributed by atoms with van der Waals surface area (Å²) in [5.74, 6) is 4.09. The Morgan fingerprint density at radius 1 is 0.867 bits per heavy atom. The van der Waals surface area contributed by atoms with Gasteiger partial charge in [0.25, 0.3) is 0 Å². The largest absolute Gasteiger partial charge is 0.478 e. The summed E-state index contributed by atoms with van der Waals surface area (Å²) >= 11 is 0. The van der Waals surface area contributed by atoms with Crippen LogP contribution in [0.2, 0.25) is 0 Å². The third-order valence-corrected chi connectivity index (χ3v) is 4.83. The molecule has 4 aromatic rings. The molecule has 0 saturated carbocycles. The topological polar surface area (TPSA) is 90.4 Å². The average molecular weight is 395 g/mol. The standard InChI is InChI=1S/C25H17NO4/c1-15-5-7-16(8-6-15)9-10-17-3-2-4-20(24(27)28)23(17)18-11-12-21-19(13-18)14-22(26-21)25(29)30/h2-8,11-14,26H,1H3,(H,27,28)(H,29,30). The van der Waals surface area contributed by atoms with Crippen LogP contribution in [0.5, 0.6) is 0 Å². The molecule has 30 heavy (non-hydrogen) atoms. The highest BCUT2D eigenvalue weighted by atomic mass is 16.4. The van der Waals surface area contributed by atoms with Gasteiger partial charge in [-0.2, -0.15) is 0 Å². The number of hydrogen-bond donors (Lipinski definition) is 3.